The highest BCUT2D eigenvalue weighted by Crippen LogP contribution is 2.29. The van der Waals surface area contributed by atoms with E-state index in [1.165, 1.54) is 16.4 Å². The molecule has 148 valence electrons. The Morgan fingerprint density at radius 1 is 1.04 bits per heavy atom. The van der Waals surface area contributed by atoms with E-state index in [1.54, 1.807) is 11.0 Å². The minimum absolute atomic E-state index is 0.0241. The van der Waals surface area contributed by atoms with Crippen LogP contribution in [0.3, 0.4) is 0 Å². The second kappa shape index (κ2) is 8.16. The van der Waals surface area contributed by atoms with Gasteiger partial charge in [0.25, 0.3) is 5.91 Å². The lowest BCUT2D eigenvalue weighted by Gasteiger charge is -2.31. The quantitative estimate of drug-likeness (QED) is 0.813. The van der Waals surface area contributed by atoms with Gasteiger partial charge >= 0.3 is 0 Å². The molecule has 2 saturated heterocycles. The van der Waals surface area contributed by atoms with E-state index in [4.69, 9.17) is 17.3 Å². The van der Waals surface area contributed by atoms with Gasteiger partial charge in [-0.25, -0.2) is 8.42 Å². The van der Waals surface area contributed by atoms with Gasteiger partial charge in [0.15, 0.2) is 0 Å². The van der Waals surface area contributed by atoms with Crippen LogP contribution in [0.2, 0.25) is 5.02 Å². The number of hydrogen-bond donors (Lipinski definition) is 1. The van der Waals surface area contributed by atoms with Crippen LogP contribution in [0.5, 0.6) is 0 Å². The summed E-state index contributed by atoms with van der Waals surface area (Å²) in [6.45, 7) is 1.78. The number of amides is 2. The molecule has 0 atom stereocenters. The summed E-state index contributed by atoms with van der Waals surface area (Å²) in [7, 11) is -3.73. The Labute approximate surface area is 164 Å². The molecule has 7 nitrogen and oxygen atoms in total. The number of halogens is 1. The fraction of sp³-hybridized carbons (Fsp3) is 0.556. The number of benzene rings is 1. The molecule has 9 heteroatoms. The first kappa shape index (κ1) is 20.1. The van der Waals surface area contributed by atoms with Gasteiger partial charge in [-0.3, -0.25) is 9.59 Å². The van der Waals surface area contributed by atoms with Crippen molar-refractivity contribution in [2.45, 2.75) is 37.0 Å². The first-order valence-electron chi connectivity index (χ1n) is 9.19. The normalized spacial score (nSPS) is 19.8. The van der Waals surface area contributed by atoms with Gasteiger partial charge in [-0.15, -0.1) is 0 Å². The zero-order valence-corrected chi connectivity index (χ0v) is 16.6. The summed E-state index contributed by atoms with van der Waals surface area (Å²) >= 11 is 6.16. The molecule has 0 radical (unpaired) electrons. The number of nitrogens with zero attached hydrogens (tertiary/aromatic N) is 2. The molecule has 1 aromatic rings. The predicted molar refractivity (Wildman–Crippen MR) is 102 cm³/mol. The van der Waals surface area contributed by atoms with Crippen LogP contribution in [0.1, 0.15) is 42.5 Å². The highest BCUT2D eigenvalue weighted by Gasteiger charge is 2.30. The topological polar surface area (TPSA) is 101 Å². The zero-order valence-electron chi connectivity index (χ0n) is 15.1. The van der Waals surface area contributed by atoms with Crippen molar-refractivity contribution in [3.05, 3.63) is 28.8 Å². The van der Waals surface area contributed by atoms with E-state index in [9.17, 15) is 18.0 Å². The van der Waals surface area contributed by atoms with E-state index in [0.717, 1.165) is 19.3 Å². The number of carbonyl (C=O) groups is 2. The molecule has 2 aliphatic heterocycles. The van der Waals surface area contributed by atoms with E-state index in [2.05, 4.69) is 0 Å². The van der Waals surface area contributed by atoms with Crippen molar-refractivity contribution in [3.63, 3.8) is 0 Å². The van der Waals surface area contributed by atoms with E-state index < -0.39 is 10.0 Å². The molecule has 3 rings (SSSR count). The van der Waals surface area contributed by atoms with Gasteiger partial charge in [0, 0.05) is 37.7 Å². The summed E-state index contributed by atoms with van der Waals surface area (Å²) < 4.78 is 27.3. The Balaban J connectivity index is 1.81. The molecular formula is C18H24ClN3O4S. The lowest BCUT2D eigenvalue weighted by atomic mass is 9.96. The fourth-order valence-electron chi connectivity index (χ4n) is 3.63. The van der Waals surface area contributed by atoms with Crippen LogP contribution in [-0.2, 0) is 14.8 Å². The Morgan fingerprint density at radius 2 is 1.67 bits per heavy atom. The molecule has 27 heavy (non-hydrogen) atoms. The largest absolute Gasteiger partial charge is 0.369 e. The van der Waals surface area contributed by atoms with Crippen LogP contribution in [0.15, 0.2) is 23.1 Å². The Morgan fingerprint density at radius 3 is 2.26 bits per heavy atom. The van der Waals surface area contributed by atoms with Gasteiger partial charge in [-0.1, -0.05) is 18.0 Å². The highest BCUT2D eigenvalue weighted by atomic mass is 35.5. The van der Waals surface area contributed by atoms with Crippen molar-refractivity contribution in [2.75, 3.05) is 26.2 Å². The van der Waals surface area contributed by atoms with E-state index >= 15 is 0 Å². The van der Waals surface area contributed by atoms with Crippen molar-refractivity contribution >= 4 is 33.4 Å². The Kier molecular flexibility index (Phi) is 6.08. The fourth-order valence-corrected chi connectivity index (χ4v) is 5.65. The predicted octanol–water partition coefficient (Wildman–Crippen LogP) is 1.85. The number of primary amides is 1. The van der Waals surface area contributed by atoms with Crippen LogP contribution < -0.4 is 5.73 Å². The number of sulfonamides is 1. The van der Waals surface area contributed by atoms with Gasteiger partial charge in [-0.05, 0) is 43.9 Å². The maximum absolute atomic E-state index is 12.9. The van der Waals surface area contributed by atoms with Crippen molar-refractivity contribution in [2.24, 2.45) is 11.7 Å². The van der Waals surface area contributed by atoms with E-state index in [1.807, 2.05) is 0 Å². The van der Waals surface area contributed by atoms with Crippen LogP contribution in [0.25, 0.3) is 0 Å². The van der Waals surface area contributed by atoms with Crippen LogP contribution in [0.4, 0.5) is 0 Å². The second-order valence-electron chi connectivity index (χ2n) is 7.08. The highest BCUT2D eigenvalue weighted by molar-refractivity contribution is 7.89. The lowest BCUT2D eigenvalue weighted by Crippen LogP contribution is -2.41. The maximum atomic E-state index is 12.9. The number of nitrogens with two attached hydrogens (primary N) is 1. The summed E-state index contributed by atoms with van der Waals surface area (Å²) in [6.07, 6.45) is 3.70. The van der Waals surface area contributed by atoms with Crippen LogP contribution in [0, 0.1) is 5.92 Å². The molecule has 2 fully saturated rings. The monoisotopic (exact) mass is 413 g/mol. The number of piperidine rings is 2. The molecular weight excluding hydrogens is 390 g/mol. The molecule has 0 aliphatic carbocycles. The molecule has 0 aromatic heterocycles. The first-order valence-corrected chi connectivity index (χ1v) is 11.0. The number of likely N-dealkylation sites (tertiary alicyclic amines) is 1. The molecule has 2 aliphatic rings. The van der Waals surface area contributed by atoms with Gasteiger partial charge in [0.1, 0.15) is 4.90 Å². The summed E-state index contributed by atoms with van der Waals surface area (Å²) in [6, 6.07) is 4.37. The average molecular weight is 414 g/mol. The van der Waals surface area contributed by atoms with Crippen LogP contribution in [-0.4, -0.2) is 55.6 Å². The molecule has 2 amide bonds. The van der Waals surface area contributed by atoms with Gasteiger partial charge < -0.3 is 10.6 Å². The molecule has 1 aromatic carbocycles. The van der Waals surface area contributed by atoms with Gasteiger partial charge in [-0.2, -0.15) is 4.31 Å². The molecule has 2 N–H and O–H groups in total. The SMILES string of the molecule is NC(=O)C1CCN(C(=O)c2ccc(Cl)c(S(=O)(=O)N3CCCCC3)c2)CC1. The third-order valence-corrected chi connectivity index (χ3v) is 7.68. The lowest BCUT2D eigenvalue weighted by molar-refractivity contribution is -0.123. The molecule has 2 heterocycles. The maximum Gasteiger partial charge on any atom is 0.253 e. The summed E-state index contributed by atoms with van der Waals surface area (Å²) in [5, 5.41) is 0.115. The van der Waals surface area contributed by atoms with Crippen molar-refractivity contribution in [3.8, 4) is 0 Å². The van der Waals surface area contributed by atoms with Crippen molar-refractivity contribution in [1.29, 1.82) is 0 Å². The number of rotatable bonds is 4. The molecule has 0 bridgehead atoms. The Hall–Kier alpha value is -1.64. The standard InChI is InChI=1S/C18H24ClN3O4S/c19-15-5-4-14(18(24)21-10-6-13(7-11-21)17(20)23)12-16(15)27(25,26)22-8-2-1-3-9-22/h4-5,12-13H,1-3,6-11H2,(H2,20,23). The second-order valence-corrected chi connectivity index (χ2v) is 9.39. The first-order chi connectivity index (χ1) is 12.8. The third-order valence-electron chi connectivity index (χ3n) is 5.30. The summed E-state index contributed by atoms with van der Waals surface area (Å²) in [5.74, 6) is -0.817. The number of carbonyl (C=O) groups excluding carboxylic acids is 2. The molecule has 0 spiro atoms. The van der Waals surface area contributed by atoms with E-state index in [0.29, 0.717) is 39.0 Å². The summed E-state index contributed by atoms with van der Waals surface area (Å²) in [4.78, 5) is 25.7. The number of hydrogen-bond acceptors (Lipinski definition) is 4. The molecule has 0 unspecified atom stereocenters. The zero-order chi connectivity index (χ0) is 19.6. The van der Waals surface area contributed by atoms with Crippen molar-refractivity contribution in [1.82, 2.24) is 9.21 Å². The van der Waals surface area contributed by atoms with Crippen molar-refractivity contribution < 1.29 is 18.0 Å². The van der Waals surface area contributed by atoms with Crippen LogP contribution >= 0.6 is 11.6 Å². The Bertz CT molecular complexity index is 829. The average Bonchev–Trinajstić information content (AvgIpc) is 2.68. The molecule has 0 saturated carbocycles. The minimum Gasteiger partial charge on any atom is -0.369 e. The van der Waals surface area contributed by atoms with Gasteiger partial charge in [0.2, 0.25) is 15.9 Å². The van der Waals surface area contributed by atoms with Gasteiger partial charge in [0.05, 0.1) is 5.02 Å². The smallest absolute Gasteiger partial charge is 0.253 e. The summed E-state index contributed by atoms with van der Waals surface area (Å²) in [5.41, 5.74) is 5.61. The minimum atomic E-state index is -3.73. The van der Waals surface area contributed by atoms with E-state index in [-0.39, 0.29) is 33.2 Å². The third kappa shape index (κ3) is 4.28.